The second kappa shape index (κ2) is 10.0. The Bertz CT molecular complexity index is 1120. The van der Waals surface area contributed by atoms with Crippen LogP contribution in [0.15, 0.2) is 53.4 Å². The molecule has 178 valence electrons. The van der Waals surface area contributed by atoms with E-state index in [-0.39, 0.29) is 23.9 Å². The summed E-state index contributed by atoms with van der Waals surface area (Å²) >= 11 is 0. The standard InChI is InChI=1S/C24H30N2O6S/c1-16-10-11-21(12-17(16)2)33(30,31)26-14-20(27)13-22(26)24(29)32-15-23(28)25(4)18(3)19-8-6-5-7-9-19/h5-12,18,20,22,27H,13-15H2,1-4H3/t18?,20?,22-/m0/s1. The molecule has 2 aromatic carbocycles. The molecule has 1 heterocycles. The lowest BCUT2D eigenvalue weighted by Crippen LogP contribution is -2.42. The number of carbonyl (C=O) groups is 2. The Hall–Kier alpha value is -2.75. The average Bonchev–Trinajstić information content (AvgIpc) is 3.21. The highest BCUT2D eigenvalue weighted by atomic mass is 32.2. The fraction of sp³-hybridized carbons (Fsp3) is 0.417. The number of amides is 1. The Morgan fingerprint density at radius 1 is 1.15 bits per heavy atom. The Morgan fingerprint density at radius 2 is 1.82 bits per heavy atom. The maximum Gasteiger partial charge on any atom is 0.325 e. The van der Waals surface area contributed by atoms with Gasteiger partial charge in [0, 0.05) is 20.0 Å². The highest BCUT2D eigenvalue weighted by molar-refractivity contribution is 7.89. The molecular formula is C24H30N2O6S. The normalized spacial score (nSPS) is 19.8. The van der Waals surface area contributed by atoms with Gasteiger partial charge < -0.3 is 14.7 Å². The van der Waals surface area contributed by atoms with Crippen molar-refractivity contribution in [1.29, 1.82) is 0 Å². The first-order valence-corrected chi connectivity index (χ1v) is 12.2. The van der Waals surface area contributed by atoms with Crippen LogP contribution in [0, 0.1) is 13.8 Å². The zero-order chi connectivity index (χ0) is 24.3. The first-order valence-electron chi connectivity index (χ1n) is 10.8. The number of aryl methyl sites for hydroxylation is 2. The van der Waals surface area contributed by atoms with Crippen molar-refractivity contribution in [3.8, 4) is 0 Å². The number of aliphatic hydroxyl groups is 1. The molecule has 2 aromatic rings. The number of benzene rings is 2. The van der Waals surface area contributed by atoms with E-state index in [1.54, 1.807) is 26.1 Å². The summed E-state index contributed by atoms with van der Waals surface area (Å²) in [4.78, 5) is 26.8. The SMILES string of the molecule is Cc1ccc(S(=O)(=O)N2CC(O)C[C@H]2C(=O)OCC(=O)N(C)C(C)c2ccccc2)cc1C. The van der Waals surface area contributed by atoms with Crippen LogP contribution in [-0.2, 0) is 24.3 Å². The first-order chi connectivity index (χ1) is 15.5. The minimum absolute atomic E-state index is 0.0463. The summed E-state index contributed by atoms with van der Waals surface area (Å²) in [6.45, 7) is 4.81. The Kier molecular flexibility index (Phi) is 7.56. The minimum atomic E-state index is -4.03. The smallest absolute Gasteiger partial charge is 0.325 e. The topological polar surface area (TPSA) is 104 Å². The van der Waals surface area contributed by atoms with E-state index in [4.69, 9.17) is 4.74 Å². The Morgan fingerprint density at radius 3 is 2.45 bits per heavy atom. The highest BCUT2D eigenvalue weighted by Gasteiger charge is 2.44. The number of esters is 1. The maximum absolute atomic E-state index is 13.2. The number of aliphatic hydroxyl groups excluding tert-OH is 1. The summed E-state index contributed by atoms with van der Waals surface area (Å²) in [6, 6.07) is 12.7. The van der Waals surface area contributed by atoms with Gasteiger partial charge in [-0.25, -0.2) is 8.42 Å². The predicted molar refractivity (Wildman–Crippen MR) is 123 cm³/mol. The minimum Gasteiger partial charge on any atom is -0.454 e. The van der Waals surface area contributed by atoms with Crippen molar-refractivity contribution in [2.45, 2.75) is 50.3 Å². The first kappa shape index (κ1) is 24.9. The van der Waals surface area contributed by atoms with Gasteiger partial charge in [0.25, 0.3) is 5.91 Å². The number of sulfonamides is 1. The van der Waals surface area contributed by atoms with Crippen molar-refractivity contribution >= 4 is 21.9 Å². The van der Waals surface area contributed by atoms with E-state index < -0.39 is 40.7 Å². The van der Waals surface area contributed by atoms with E-state index >= 15 is 0 Å². The third-order valence-electron chi connectivity index (χ3n) is 6.18. The van der Waals surface area contributed by atoms with Crippen molar-refractivity contribution < 1.29 is 27.9 Å². The number of rotatable bonds is 7. The van der Waals surface area contributed by atoms with Crippen LogP contribution < -0.4 is 0 Å². The van der Waals surface area contributed by atoms with E-state index in [1.807, 2.05) is 44.2 Å². The van der Waals surface area contributed by atoms with Crippen LogP contribution >= 0.6 is 0 Å². The number of nitrogens with zero attached hydrogens (tertiary/aromatic N) is 2. The second-order valence-corrected chi connectivity index (χ2v) is 10.3. The van der Waals surface area contributed by atoms with E-state index in [9.17, 15) is 23.1 Å². The van der Waals surface area contributed by atoms with Crippen LogP contribution in [-0.4, -0.2) is 67.0 Å². The van der Waals surface area contributed by atoms with Crippen LogP contribution in [0.5, 0.6) is 0 Å². The fourth-order valence-corrected chi connectivity index (χ4v) is 5.49. The van der Waals surface area contributed by atoms with Crippen molar-refractivity contribution in [3.63, 3.8) is 0 Å². The van der Waals surface area contributed by atoms with Crippen molar-refractivity contribution in [3.05, 3.63) is 65.2 Å². The van der Waals surface area contributed by atoms with E-state index in [1.165, 1.54) is 11.0 Å². The van der Waals surface area contributed by atoms with Gasteiger partial charge in [0.1, 0.15) is 6.04 Å². The molecule has 33 heavy (non-hydrogen) atoms. The number of hydrogen-bond acceptors (Lipinski definition) is 6. The summed E-state index contributed by atoms with van der Waals surface area (Å²) < 4.78 is 32.5. The van der Waals surface area contributed by atoms with Crippen LogP contribution in [0.2, 0.25) is 0 Å². The Balaban J connectivity index is 1.69. The summed E-state index contributed by atoms with van der Waals surface area (Å²) in [5.74, 6) is -1.27. The van der Waals surface area contributed by atoms with Crippen LogP contribution in [0.1, 0.15) is 36.1 Å². The summed E-state index contributed by atoms with van der Waals surface area (Å²) in [6.07, 6.45) is -1.09. The molecule has 1 fully saturated rings. The zero-order valence-electron chi connectivity index (χ0n) is 19.3. The monoisotopic (exact) mass is 474 g/mol. The molecule has 1 aliphatic heterocycles. The van der Waals surface area contributed by atoms with Gasteiger partial charge in [-0.2, -0.15) is 4.31 Å². The molecule has 3 atom stereocenters. The molecule has 0 bridgehead atoms. The van der Waals surface area contributed by atoms with Crippen LogP contribution in [0.25, 0.3) is 0 Å². The molecule has 9 heteroatoms. The van der Waals surface area contributed by atoms with Gasteiger partial charge in [0.2, 0.25) is 10.0 Å². The van der Waals surface area contributed by atoms with Gasteiger partial charge in [0.05, 0.1) is 17.0 Å². The highest BCUT2D eigenvalue weighted by Crippen LogP contribution is 2.28. The zero-order valence-corrected chi connectivity index (χ0v) is 20.1. The maximum atomic E-state index is 13.2. The molecule has 2 unspecified atom stereocenters. The summed E-state index contributed by atoms with van der Waals surface area (Å²) in [5, 5.41) is 10.1. The molecule has 0 radical (unpaired) electrons. The largest absolute Gasteiger partial charge is 0.454 e. The molecule has 0 aromatic heterocycles. The van der Waals surface area contributed by atoms with Gasteiger partial charge in [-0.15, -0.1) is 0 Å². The fourth-order valence-electron chi connectivity index (χ4n) is 3.78. The van der Waals surface area contributed by atoms with Gasteiger partial charge in [0.15, 0.2) is 6.61 Å². The third-order valence-corrected chi connectivity index (χ3v) is 8.06. The third kappa shape index (κ3) is 5.43. The lowest BCUT2D eigenvalue weighted by Gasteiger charge is -2.26. The van der Waals surface area contributed by atoms with Crippen LogP contribution in [0.3, 0.4) is 0 Å². The molecule has 3 rings (SSSR count). The molecular weight excluding hydrogens is 444 g/mol. The lowest BCUT2D eigenvalue weighted by molar-refractivity contribution is -0.155. The molecule has 0 saturated carbocycles. The molecule has 1 saturated heterocycles. The molecule has 8 nitrogen and oxygen atoms in total. The molecule has 1 amide bonds. The quantitative estimate of drug-likeness (QED) is 0.617. The molecule has 0 aliphatic carbocycles. The van der Waals surface area contributed by atoms with Gasteiger partial charge >= 0.3 is 5.97 Å². The molecule has 1 N–H and O–H groups in total. The van der Waals surface area contributed by atoms with E-state index in [2.05, 4.69) is 0 Å². The number of ether oxygens (including phenoxy) is 1. The summed E-state index contributed by atoms with van der Waals surface area (Å²) in [7, 11) is -2.42. The van der Waals surface area contributed by atoms with Gasteiger partial charge in [-0.05, 0) is 49.6 Å². The van der Waals surface area contributed by atoms with Gasteiger partial charge in [-0.3, -0.25) is 9.59 Å². The number of β-amino-alcohol motifs (C(OH)–C–C–N with tert-alkyl or cyclic N) is 1. The number of hydrogen-bond donors (Lipinski definition) is 1. The Labute approximate surface area is 194 Å². The number of carbonyl (C=O) groups excluding carboxylic acids is 2. The van der Waals surface area contributed by atoms with E-state index in [0.717, 1.165) is 21.0 Å². The van der Waals surface area contributed by atoms with Crippen molar-refractivity contribution in [2.24, 2.45) is 0 Å². The molecule has 0 spiro atoms. The second-order valence-electron chi connectivity index (χ2n) is 8.43. The lowest BCUT2D eigenvalue weighted by atomic mass is 10.1. The van der Waals surface area contributed by atoms with Crippen molar-refractivity contribution in [1.82, 2.24) is 9.21 Å². The van der Waals surface area contributed by atoms with Crippen LogP contribution in [0.4, 0.5) is 0 Å². The average molecular weight is 475 g/mol. The van der Waals surface area contributed by atoms with Crippen molar-refractivity contribution in [2.75, 3.05) is 20.2 Å². The van der Waals surface area contributed by atoms with Gasteiger partial charge in [-0.1, -0.05) is 36.4 Å². The predicted octanol–water partition coefficient (Wildman–Crippen LogP) is 2.19. The van der Waals surface area contributed by atoms with E-state index in [0.29, 0.717) is 0 Å². The number of likely N-dealkylation sites (N-methyl/N-ethyl adjacent to an activating group) is 1. The summed E-state index contributed by atoms with van der Waals surface area (Å²) in [5.41, 5.74) is 2.68. The molecule has 1 aliphatic rings.